The van der Waals surface area contributed by atoms with E-state index in [0.29, 0.717) is 4.90 Å². The number of ether oxygens (including phenoxy) is 2. The van der Waals surface area contributed by atoms with Crippen LogP contribution in [0.15, 0.2) is 77.7 Å². The Morgan fingerprint density at radius 3 is 2.47 bits per heavy atom. The monoisotopic (exact) mass is 501 g/mol. The zero-order valence-corrected chi connectivity index (χ0v) is 20.0. The van der Waals surface area contributed by atoms with Gasteiger partial charge < -0.3 is 18.9 Å². The third-order valence-electron chi connectivity index (χ3n) is 6.13. The van der Waals surface area contributed by atoms with Crippen molar-refractivity contribution in [2.24, 2.45) is 5.92 Å². The van der Waals surface area contributed by atoms with Gasteiger partial charge in [-0.25, -0.2) is 9.59 Å². The minimum atomic E-state index is -1.79. The molecule has 2 saturated heterocycles. The average Bonchev–Trinajstić information content (AvgIpc) is 3.16. The normalized spacial score (nSPS) is 26.6. The Labute approximate surface area is 205 Å². The van der Waals surface area contributed by atoms with Crippen LogP contribution >= 0.6 is 11.6 Å². The molecule has 2 heterocycles. The van der Waals surface area contributed by atoms with Crippen LogP contribution in [0.25, 0.3) is 0 Å². The van der Waals surface area contributed by atoms with Gasteiger partial charge in [0, 0.05) is 23.7 Å². The van der Waals surface area contributed by atoms with Crippen LogP contribution in [0, 0.1) is 5.92 Å². The second-order valence-corrected chi connectivity index (χ2v) is 10.8. The quantitative estimate of drug-likeness (QED) is 0.181. The van der Waals surface area contributed by atoms with E-state index in [-0.39, 0.29) is 25.4 Å². The van der Waals surface area contributed by atoms with Crippen LogP contribution in [0.1, 0.15) is 18.4 Å². The summed E-state index contributed by atoms with van der Waals surface area (Å²) < 4.78 is 22.2. The van der Waals surface area contributed by atoms with Gasteiger partial charge in [-0.2, -0.15) is 0 Å². The molecule has 0 aromatic heterocycles. The fourth-order valence-electron chi connectivity index (χ4n) is 4.45. The molecule has 4 rings (SSSR count). The lowest BCUT2D eigenvalue weighted by Gasteiger charge is -2.44. The third-order valence-corrected chi connectivity index (χ3v) is 8.61. The molecule has 0 N–H and O–H groups in total. The van der Waals surface area contributed by atoms with Gasteiger partial charge in [0.25, 0.3) is 0 Å². The number of amides is 1. The minimum Gasteiger partial charge on any atom is -0.610 e. The molecule has 2 aliphatic heterocycles. The Morgan fingerprint density at radius 1 is 1.18 bits per heavy atom. The fraction of sp³-hybridized carbons (Fsp3) is 0.320. The maximum absolute atomic E-state index is 13.6. The van der Waals surface area contributed by atoms with Crippen LogP contribution < -0.4 is 0 Å². The Balaban J connectivity index is 1.58. The van der Waals surface area contributed by atoms with E-state index in [1.807, 2.05) is 30.3 Å². The summed E-state index contributed by atoms with van der Waals surface area (Å²) in [5, 5.41) is 0. The average molecular weight is 502 g/mol. The van der Waals surface area contributed by atoms with Gasteiger partial charge in [0.2, 0.25) is 10.1 Å². The van der Waals surface area contributed by atoms with E-state index in [2.05, 4.69) is 4.74 Å². The molecule has 0 bridgehead atoms. The second-order valence-electron chi connectivity index (χ2n) is 8.15. The smallest absolute Gasteiger partial charge is 0.336 e. The standard InChI is InChI=1S/C25H24ClNO6S/c1-32-21(28)14-8-13-19-20-15-25(26,34(31)18-11-6-3-7-12-18)22(27(20)23(19)29)24(30)33-16-17-9-4-2-5-10-17/h2-12,14,19-20,22H,13,15-16H2,1H3/b14-8+/t19?,20?,22-,25?,34?/m1/s1. The van der Waals surface area contributed by atoms with Gasteiger partial charge >= 0.3 is 11.9 Å². The molecule has 2 aromatic carbocycles. The van der Waals surface area contributed by atoms with E-state index in [0.717, 1.165) is 5.56 Å². The van der Waals surface area contributed by atoms with Crippen molar-refractivity contribution < 1.29 is 28.4 Å². The Kier molecular flexibility index (Phi) is 7.30. The number of alkyl halides is 1. The molecule has 178 valence electrons. The summed E-state index contributed by atoms with van der Waals surface area (Å²) in [5.74, 6) is -1.97. The lowest BCUT2D eigenvalue weighted by Crippen LogP contribution is -2.63. The summed E-state index contributed by atoms with van der Waals surface area (Å²) in [6.45, 7) is 0.0130. The number of benzene rings is 2. The first-order chi connectivity index (χ1) is 16.4. The molecule has 34 heavy (non-hydrogen) atoms. The van der Waals surface area contributed by atoms with Crippen molar-refractivity contribution in [2.75, 3.05) is 7.11 Å². The van der Waals surface area contributed by atoms with Gasteiger partial charge in [0.1, 0.15) is 6.61 Å². The van der Waals surface area contributed by atoms with Gasteiger partial charge in [-0.1, -0.05) is 66.2 Å². The number of halogens is 1. The molecule has 2 fully saturated rings. The number of esters is 2. The van der Waals surface area contributed by atoms with Gasteiger partial charge in [0.15, 0.2) is 10.9 Å². The van der Waals surface area contributed by atoms with Crippen molar-refractivity contribution in [3.8, 4) is 0 Å². The molecule has 9 heteroatoms. The molecule has 5 atom stereocenters. The zero-order chi connectivity index (χ0) is 24.3. The highest BCUT2D eigenvalue weighted by Crippen LogP contribution is 2.53. The summed E-state index contributed by atoms with van der Waals surface area (Å²) in [7, 11) is 1.27. The van der Waals surface area contributed by atoms with Crippen molar-refractivity contribution in [1.29, 1.82) is 0 Å². The summed E-state index contributed by atoms with van der Waals surface area (Å²) in [4.78, 5) is 39.5. The van der Waals surface area contributed by atoms with E-state index in [1.54, 1.807) is 36.4 Å². The zero-order valence-electron chi connectivity index (χ0n) is 18.5. The SMILES string of the molecule is COC(=O)/C=C/CC1C(=O)N2C1CC(Cl)([S+]([O-])c1ccccc1)[C@H]2C(=O)OCc1ccccc1. The van der Waals surface area contributed by atoms with E-state index in [1.165, 1.54) is 18.1 Å². The molecule has 2 aromatic rings. The van der Waals surface area contributed by atoms with Crippen LogP contribution in [0.3, 0.4) is 0 Å². The largest absolute Gasteiger partial charge is 0.610 e. The van der Waals surface area contributed by atoms with Gasteiger partial charge in [-0.15, -0.1) is 0 Å². The Bertz CT molecular complexity index is 1080. The topological polar surface area (TPSA) is 96.0 Å². The predicted octanol–water partition coefficient (Wildman–Crippen LogP) is 3.19. The molecule has 0 aliphatic carbocycles. The summed E-state index contributed by atoms with van der Waals surface area (Å²) in [6, 6.07) is 16.2. The van der Waals surface area contributed by atoms with E-state index in [9.17, 15) is 18.9 Å². The lowest BCUT2D eigenvalue weighted by atomic mass is 9.85. The third kappa shape index (κ3) is 4.58. The molecule has 0 radical (unpaired) electrons. The van der Waals surface area contributed by atoms with Crippen LogP contribution in [-0.4, -0.2) is 50.7 Å². The minimum absolute atomic E-state index is 0.0130. The van der Waals surface area contributed by atoms with E-state index >= 15 is 0 Å². The van der Waals surface area contributed by atoms with Crippen molar-refractivity contribution in [3.63, 3.8) is 0 Å². The molecule has 2 aliphatic rings. The number of allylic oxidation sites excluding steroid dienone is 1. The van der Waals surface area contributed by atoms with Crippen molar-refractivity contribution in [3.05, 3.63) is 78.4 Å². The number of rotatable bonds is 8. The van der Waals surface area contributed by atoms with Crippen molar-refractivity contribution in [1.82, 2.24) is 4.90 Å². The predicted molar refractivity (Wildman–Crippen MR) is 126 cm³/mol. The first kappa shape index (κ1) is 24.3. The van der Waals surface area contributed by atoms with Crippen molar-refractivity contribution in [2.45, 2.75) is 40.6 Å². The molecular weight excluding hydrogens is 478 g/mol. The Hall–Kier alpha value is -2.81. The van der Waals surface area contributed by atoms with Crippen LogP contribution in [0.4, 0.5) is 0 Å². The number of nitrogens with zero attached hydrogens (tertiary/aromatic N) is 1. The molecule has 7 nitrogen and oxygen atoms in total. The van der Waals surface area contributed by atoms with Gasteiger partial charge in [-0.3, -0.25) is 4.79 Å². The van der Waals surface area contributed by atoms with E-state index in [4.69, 9.17) is 16.3 Å². The number of β-lactam (4-membered cyclic amide) rings is 1. The lowest BCUT2D eigenvalue weighted by molar-refractivity contribution is -0.167. The molecule has 0 spiro atoms. The molecule has 1 amide bonds. The maximum atomic E-state index is 13.6. The highest BCUT2D eigenvalue weighted by molar-refractivity contribution is 7.94. The van der Waals surface area contributed by atoms with Gasteiger partial charge in [-0.05, 0) is 24.1 Å². The van der Waals surface area contributed by atoms with Crippen LogP contribution in [0.2, 0.25) is 0 Å². The highest BCUT2D eigenvalue weighted by Gasteiger charge is 2.71. The van der Waals surface area contributed by atoms with Crippen molar-refractivity contribution >= 4 is 40.6 Å². The number of carbonyl (C=O) groups excluding carboxylic acids is 3. The first-order valence-corrected chi connectivity index (χ1v) is 12.3. The number of hydrogen-bond donors (Lipinski definition) is 0. The summed E-state index contributed by atoms with van der Waals surface area (Å²) in [6.07, 6.45) is 3.26. The van der Waals surface area contributed by atoms with Crippen LogP contribution in [0.5, 0.6) is 0 Å². The first-order valence-electron chi connectivity index (χ1n) is 10.8. The van der Waals surface area contributed by atoms with E-state index < -0.39 is 45.3 Å². The highest BCUT2D eigenvalue weighted by atomic mass is 35.5. The number of fused-ring (bicyclic) bond motifs is 1. The molecular formula is C25H24ClNO6S. The molecule has 0 saturated carbocycles. The maximum Gasteiger partial charge on any atom is 0.336 e. The number of methoxy groups -OCH3 is 1. The van der Waals surface area contributed by atoms with Gasteiger partial charge in [0.05, 0.1) is 19.1 Å². The second kappa shape index (κ2) is 10.2. The number of carbonyl (C=O) groups is 3. The summed E-state index contributed by atoms with van der Waals surface area (Å²) >= 11 is 5.19. The van der Waals surface area contributed by atoms with Crippen LogP contribution in [-0.2, 0) is 41.6 Å². The fourth-order valence-corrected chi connectivity index (χ4v) is 6.60. The Morgan fingerprint density at radius 2 is 1.82 bits per heavy atom. The summed E-state index contributed by atoms with van der Waals surface area (Å²) in [5.41, 5.74) is 0.788. The molecule has 4 unspecified atom stereocenters. The number of hydrogen-bond acceptors (Lipinski definition) is 6.